The summed E-state index contributed by atoms with van der Waals surface area (Å²) in [6, 6.07) is 8.47. The zero-order valence-electron chi connectivity index (χ0n) is 10.7. The van der Waals surface area contributed by atoms with E-state index in [1.807, 2.05) is 0 Å². The van der Waals surface area contributed by atoms with E-state index in [9.17, 15) is 14.7 Å². The molecule has 0 heterocycles. The van der Waals surface area contributed by atoms with Gasteiger partial charge in [-0.2, -0.15) is 0 Å². The maximum absolute atomic E-state index is 12.0. The molecule has 0 spiro atoms. The van der Waals surface area contributed by atoms with Crippen molar-refractivity contribution in [1.82, 2.24) is 0 Å². The Morgan fingerprint density at radius 1 is 1.37 bits per heavy atom. The number of carbonyl (C=O) groups is 2. The first-order valence-electron chi connectivity index (χ1n) is 6.17. The Morgan fingerprint density at radius 2 is 2.05 bits per heavy atom. The van der Waals surface area contributed by atoms with Crippen LogP contribution < -0.4 is 0 Å². The number of ether oxygens (including phenoxy) is 1. The highest BCUT2D eigenvalue weighted by Crippen LogP contribution is 2.36. The number of aliphatic hydroxyl groups is 1. The van der Waals surface area contributed by atoms with Gasteiger partial charge in [0, 0.05) is 0 Å². The Balaban J connectivity index is 2.49. The molecule has 0 bridgehead atoms. The number of rotatable bonds is 3. The zero-order chi connectivity index (χ0) is 13.9. The van der Waals surface area contributed by atoms with Crippen molar-refractivity contribution in [1.29, 1.82) is 0 Å². The average Bonchev–Trinajstić information content (AvgIpc) is 2.47. The predicted molar refractivity (Wildman–Crippen MR) is 69.2 cm³/mol. The van der Waals surface area contributed by atoms with Crippen molar-refractivity contribution in [2.75, 3.05) is 7.11 Å². The van der Waals surface area contributed by atoms with Gasteiger partial charge in [-0.3, -0.25) is 4.79 Å². The largest absolute Gasteiger partial charge is 0.467 e. The quantitative estimate of drug-likeness (QED) is 0.838. The summed E-state index contributed by atoms with van der Waals surface area (Å²) in [5.41, 5.74) is -1.53. The molecule has 100 valence electrons. The van der Waals surface area contributed by atoms with E-state index in [1.165, 1.54) is 13.2 Å². The van der Waals surface area contributed by atoms with Crippen LogP contribution in [0.4, 0.5) is 0 Å². The van der Waals surface area contributed by atoms with Crippen molar-refractivity contribution in [3.05, 3.63) is 48.0 Å². The van der Waals surface area contributed by atoms with Crippen LogP contribution in [0.25, 0.3) is 0 Å². The van der Waals surface area contributed by atoms with E-state index in [4.69, 9.17) is 4.74 Å². The molecule has 19 heavy (non-hydrogen) atoms. The topological polar surface area (TPSA) is 63.6 Å². The lowest BCUT2D eigenvalue weighted by atomic mass is 9.74. The molecule has 1 aromatic carbocycles. The third-order valence-corrected chi connectivity index (χ3v) is 3.46. The summed E-state index contributed by atoms with van der Waals surface area (Å²) in [5.74, 6) is -1.84. The van der Waals surface area contributed by atoms with Gasteiger partial charge in [-0.25, -0.2) is 4.79 Å². The van der Waals surface area contributed by atoms with Gasteiger partial charge in [0.25, 0.3) is 0 Å². The SMILES string of the molecule is COC(=O)[C@@](O)(c1ccccc1)[C@@H]1CCC=CC1=O. The van der Waals surface area contributed by atoms with Gasteiger partial charge in [0.05, 0.1) is 13.0 Å². The van der Waals surface area contributed by atoms with Crippen LogP contribution in [0.3, 0.4) is 0 Å². The predicted octanol–water partition coefficient (Wildman–Crippen LogP) is 1.58. The Labute approximate surface area is 111 Å². The molecule has 0 aromatic heterocycles. The molecule has 1 aliphatic carbocycles. The number of methoxy groups -OCH3 is 1. The normalized spacial score (nSPS) is 21.8. The number of benzene rings is 1. The number of allylic oxidation sites excluding steroid dienone is 2. The van der Waals surface area contributed by atoms with Crippen LogP contribution >= 0.6 is 0 Å². The van der Waals surface area contributed by atoms with Crippen LogP contribution in [0.2, 0.25) is 0 Å². The highest BCUT2D eigenvalue weighted by molar-refractivity contribution is 5.98. The Hall–Kier alpha value is -1.94. The second kappa shape index (κ2) is 5.36. The molecule has 0 saturated heterocycles. The minimum Gasteiger partial charge on any atom is -0.467 e. The minimum atomic E-state index is -1.92. The maximum Gasteiger partial charge on any atom is 0.343 e. The number of carbonyl (C=O) groups excluding carboxylic acids is 2. The number of esters is 1. The van der Waals surface area contributed by atoms with Crippen LogP contribution in [-0.2, 0) is 19.9 Å². The van der Waals surface area contributed by atoms with Gasteiger partial charge in [-0.15, -0.1) is 0 Å². The third kappa shape index (κ3) is 2.31. The summed E-state index contributed by atoms with van der Waals surface area (Å²) in [7, 11) is 1.21. The van der Waals surface area contributed by atoms with Crippen molar-refractivity contribution in [3.63, 3.8) is 0 Å². The number of hydrogen-bond donors (Lipinski definition) is 1. The van der Waals surface area contributed by atoms with Crippen molar-refractivity contribution in [2.24, 2.45) is 5.92 Å². The molecule has 2 rings (SSSR count). The minimum absolute atomic E-state index is 0.247. The molecule has 0 fully saturated rings. The molecular weight excluding hydrogens is 244 g/mol. The van der Waals surface area contributed by atoms with Crippen LogP contribution in [0.1, 0.15) is 18.4 Å². The van der Waals surface area contributed by atoms with E-state index in [0.29, 0.717) is 18.4 Å². The lowest BCUT2D eigenvalue weighted by Gasteiger charge is -2.33. The van der Waals surface area contributed by atoms with E-state index in [2.05, 4.69) is 0 Å². The third-order valence-electron chi connectivity index (χ3n) is 3.46. The summed E-state index contributed by atoms with van der Waals surface area (Å²) < 4.78 is 4.71. The summed E-state index contributed by atoms with van der Waals surface area (Å²) in [6.45, 7) is 0. The molecule has 0 amide bonds. The Morgan fingerprint density at radius 3 is 2.63 bits per heavy atom. The van der Waals surface area contributed by atoms with E-state index in [0.717, 1.165) is 0 Å². The zero-order valence-corrected chi connectivity index (χ0v) is 10.7. The molecule has 0 aliphatic heterocycles. The maximum atomic E-state index is 12.0. The van der Waals surface area contributed by atoms with Crippen LogP contribution in [0, 0.1) is 5.92 Å². The molecule has 1 aliphatic rings. The summed E-state index contributed by atoms with van der Waals surface area (Å²) >= 11 is 0. The van der Waals surface area contributed by atoms with E-state index < -0.39 is 17.5 Å². The number of ketones is 1. The molecule has 1 aromatic rings. The van der Waals surface area contributed by atoms with E-state index in [1.54, 1.807) is 36.4 Å². The standard InChI is InChI=1S/C15H16O4/c1-19-14(17)15(18,11-7-3-2-4-8-11)12-9-5-6-10-13(12)16/h2-4,6-8,10,12,18H,5,9H2,1H3/t12-,15-/m1/s1. The van der Waals surface area contributed by atoms with Gasteiger partial charge in [-0.05, 0) is 24.5 Å². The van der Waals surface area contributed by atoms with Gasteiger partial charge in [0.2, 0.25) is 0 Å². The molecule has 4 heteroatoms. The van der Waals surface area contributed by atoms with Gasteiger partial charge < -0.3 is 9.84 Å². The first-order valence-corrected chi connectivity index (χ1v) is 6.17. The van der Waals surface area contributed by atoms with Crippen molar-refractivity contribution < 1.29 is 19.4 Å². The van der Waals surface area contributed by atoms with Crippen molar-refractivity contribution in [3.8, 4) is 0 Å². The molecule has 0 radical (unpaired) electrons. The average molecular weight is 260 g/mol. The fourth-order valence-electron chi connectivity index (χ4n) is 2.44. The summed E-state index contributed by atoms with van der Waals surface area (Å²) in [4.78, 5) is 24.0. The molecule has 0 unspecified atom stereocenters. The molecule has 2 atom stereocenters. The fraction of sp³-hybridized carbons (Fsp3) is 0.333. The second-order valence-electron chi connectivity index (χ2n) is 4.56. The molecule has 0 saturated carbocycles. The van der Waals surface area contributed by atoms with Crippen molar-refractivity contribution in [2.45, 2.75) is 18.4 Å². The van der Waals surface area contributed by atoms with E-state index in [-0.39, 0.29) is 5.78 Å². The van der Waals surface area contributed by atoms with E-state index >= 15 is 0 Å². The highest BCUT2D eigenvalue weighted by Gasteiger charge is 2.49. The highest BCUT2D eigenvalue weighted by atomic mass is 16.5. The van der Waals surface area contributed by atoms with Gasteiger partial charge >= 0.3 is 5.97 Å². The van der Waals surface area contributed by atoms with Crippen molar-refractivity contribution >= 4 is 11.8 Å². The van der Waals surface area contributed by atoms with Gasteiger partial charge in [0.15, 0.2) is 11.4 Å². The number of hydrogen-bond acceptors (Lipinski definition) is 4. The second-order valence-corrected chi connectivity index (χ2v) is 4.56. The summed E-state index contributed by atoms with van der Waals surface area (Å²) in [6.07, 6.45) is 4.25. The van der Waals surface area contributed by atoms with Gasteiger partial charge in [-0.1, -0.05) is 36.4 Å². The molecule has 4 nitrogen and oxygen atoms in total. The lowest BCUT2D eigenvalue weighted by Crippen LogP contribution is -2.47. The van der Waals surface area contributed by atoms with Crippen LogP contribution in [-0.4, -0.2) is 24.0 Å². The smallest absolute Gasteiger partial charge is 0.343 e. The fourth-order valence-corrected chi connectivity index (χ4v) is 2.44. The molecular formula is C15H16O4. The first kappa shape index (κ1) is 13.5. The first-order chi connectivity index (χ1) is 9.10. The van der Waals surface area contributed by atoms with Crippen LogP contribution in [0.15, 0.2) is 42.5 Å². The Kier molecular flexibility index (Phi) is 3.81. The Bertz CT molecular complexity index is 506. The summed E-state index contributed by atoms with van der Waals surface area (Å²) in [5, 5.41) is 10.8. The lowest BCUT2D eigenvalue weighted by molar-refractivity contribution is -0.173. The van der Waals surface area contributed by atoms with Crippen LogP contribution in [0.5, 0.6) is 0 Å². The molecule has 1 N–H and O–H groups in total. The van der Waals surface area contributed by atoms with Gasteiger partial charge in [0.1, 0.15) is 0 Å². The monoisotopic (exact) mass is 260 g/mol.